The van der Waals surface area contributed by atoms with Crippen molar-refractivity contribution in [3.63, 3.8) is 0 Å². The zero-order valence-electron chi connectivity index (χ0n) is 16.5. The van der Waals surface area contributed by atoms with Crippen molar-refractivity contribution in [2.24, 2.45) is 40.9 Å². The van der Waals surface area contributed by atoms with Crippen LogP contribution in [0.5, 0.6) is 0 Å². The SMILES string of the molecule is COC(=O)C1C(C(=O)OC)[C@@H]2C[C@@H]1C1=C2C(C)(C)[C@@H]2C=C[C@H]1C2=C(C)C. The molecule has 4 aliphatic rings. The molecule has 1 saturated carbocycles. The number of carbonyl (C=O) groups excluding carboxylic acids is 2. The van der Waals surface area contributed by atoms with Gasteiger partial charge in [0.25, 0.3) is 0 Å². The summed E-state index contributed by atoms with van der Waals surface area (Å²) < 4.78 is 10.2. The van der Waals surface area contributed by atoms with Crippen molar-refractivity contribution < 1.29 is 19.1 Å². The third-order valence-electron chi connectivity index (χ3n) is 7.34. The summed E-state index contributed by atoms with van der Waals surface area (Å²) in [6.45, 7) is 8.96. The molecule has 4 nitrogen and oxygen atoms in total. The number of carbonyl (C=O) groups is 2. The number of fused-ring (bicyclic) bond motifs is 7. The van der Waals surface area contributed by atoms with Crippen LogP contribution in [0, 0.1) is 40.9 Å². The Hall–Kier alpha value is -1.84. The Kier molecular flexibility index (Phi) is 3.77. The second kappa shape index (κ2) is 5.58. The van der Waals surface area contributed by atoms with Crippen molar-refractivity contribution in [1.82, 2.24) is 0 Å². The quantitative estimate of drug-likeness (QED) is 0.559. The summed E-state index contributed by atoms with van der Waals surface area (Å²) in [6.07, 6.45) is 5.52. The van der Waals surface area contributed by atoms with E-state index >= 15 is 0 Å². The normalized spacial score (nSPS) is 38.5. The minimum atomic E-state index is -0.420. The van der Waals surface area contributed by atoms with Crippen LogP contribution in [0.4, 0.5) is 0 Å². The van der Waals surface area contributed by atoms with E-state index in [-0.39, 0.29) is 35.1 Å². The van der Waals surface area contributed by atoms with Crippen molar-refractivity contribution in [1.29, 1.82) is 0 Å². The van der Waals surface area contributed by atoms with E-state index in [1.165, 1.54) is 36.5 Å². The highest BCUT2D eigenvalue weighted by Crippen LogP contribution is 2.69. The topological polar surface area (TPSA) is 52.6 Å². The molecule has 2 unspecified atom stereocenters. The van der Waals surface area contributed by atoms with Gasteiger partial charge < -0.3 is 9.47 Å². The summed E-state index contributed by atoms with van der Waals surface area (Å²) >= 11 is 0. The van der Waals surface area contributed by atoms with Crippen LogP contribution in [0.1, 0.15) is 34.1 Å². The molecule has 0 amide bonds. The van der Waals surface area contributed by atoms with E-state index in [9.17, 15) is 9.59 Å². The van der Waals surface area contributed by atoms with Crippen molar-refractivity contribution in [3.05, 3.63) is 34.4 Å². The number of hydrogen-bond donors (Lipinski definition) is 0. The average Bonchev–Trinajstić information content (AvgIpc) is 3.28. The lowest BCUT2D eigenvalue weighted by Crippen LogP contribution is -2.44. The Labute approximate surface area is 155 Å². The lowest BCUT2D eigenvalue weighted by atomic mass is 9.56. The Morgan fingerprint density at radius 3 is 2.12 bits per heavy atom. The Morgan fingerprint density at radius 1 is 1.00 bits per heavy atom. The van der Waals surface area contributed by atoms with Crippen LogP contribution < -0.4 is 0 Å². The van der Waals surface area contributed by atoms with E-state index in [0.717, 1.165) is 6.42 Å². The summed E-state index contributed by atoms with van der Waals surface area (Å²) in [5, 5.41) is 0. The fourth-order valence-corrected chi connectivity index (χ4v) is 6.55. The van der Waals surface area contributed by atoms with Gasteiger partial charge in [0.15, 0.2) is 0 Å². The first-order chi connectivity index (χ1) is 12.3. The maximum atomic E-state index is 12.6. The van der Waals surface area contributed by atoms with Crippen LogP contribution in [0.25, 0.3) is 0 Å². The largest absolute Gasteiger partial charge is 0.469 e. The van der Waals surface area contributed by atoms with E-state index in [0.29, 0.717) is 5.92 Å². The van der Waals surface area contributed by atoms with Gasteiger partial charge in [0.05, 0.1) is 26.1 Å². The molecule has 26 heavy (non-hydrogen) atoms. The highest BCUT2D eigenvalue weighted by atomic mass is 16.5. The lowest BCUT2D eigenvalue weighted by molar-refractivity contribution is -0.158. The second-order valence-corrected chi connectivity index (χ2v) is 8.93. The maximum Gasteiger partial charge on any atom is 0.310 e. The Morgan fingerprint density at radius 2 is 1.58 bits per heavy atom. The third kappa shape index (κ3) is 1.96. The van der Waals surface area contributed by atoms with Gasteiger partial charge in [-0.15, -0.1) is 0 Å². The molecule has 0 heterocycles. The van der Waals surface area contributed by atoms with Crippen LogP contribution in [-0.2, 0) is 19.1 Å². The molecule has 1 fully saturated rings. The predicted octanol–water partition coefficient (Wildman–Crippen LogP) is 3.69. The third-order valence-corrected chi connectivity index (χ3v) is 7.34. The molecule has 0 N–H and O–H groups in total. The first-order valence-electron chi connectivity index (χ1n) is 9.51. The van der Waals surface area contributed by atoms with Crippen molar-refractivity contribution in [2.45, 2.75) is 34.1 Å². The summed E-state index contributed by atoms with van der Waals surface area (Å²) in [6, 6.07) is 0. The number of hydrogen-bond acceptors (Lipinski definition) is 4. The summed E-state index contributed by atoms with van der Waals surface area (Å²) in [7, 11) is 2.83. The molecule has 4 aliphatic carbocycles. The van der Waals surface area contributed by atoms with Crippen molar-refractivity contribution >= 4 is 11.9 Å². The number of esters is 2. The molecule has 0 aliphatic heterocycles. The summed E-state index contributed by atoms with van der Waals surface area (Å²) in [5.74, 6) is -0.555. The molecule has 4 heteroatoms. The smallest absolute Gasteiger partial charge is 0.310 e. The van der Waals surface area contributed by atoms with Gasteiger partial charge in [-0.2, -0.15) is 0 Å². The number of rotatable bonds is 2. The minimum Gasteiger partial charge on any atom is -0.469 e. The summed E-state index contributed by atoms with van der Waals surface area (Å²) in [4.78, 5) is 25.2. The van der Waals surface area contributed by atoms with Gasteiger partial charge >= 0.3 is 11.9 Å². The summed E-state index contributed by atoms with van der Waals surface area (Å²) in [5.41, 5.74) is 5.60. The van der Waals surface area contributed by atoms with E-state index in [4.69, 9.17) is 9.47 Å². The van der Waals surface area contributed by atoms with Crippen LogP contribution in [0.3, 0.4) is 0 Å². The monoisotopic (exact) mass is 356 g/mol. The van der Waals surface area contributed by atoms with Gasteiger partial charge in [0, 0.05) is 11.8 Å². The predicted molar refractivity (Wildman–Crippen MR) is 97.9 cm³/mol. The molecule has 4 rings (SSSR count). The van der Waals surface area contributed by atoms with Gasteiger partial charge in [-0.05, 0) is 37.5 Å². The molecule has 4 bridgehead atoms. The molecule has 0 spiro atoms. The fraction of sp³-hybridized carbons (Fsp3) is 0.636. The Balaban J connectivity index is 1.90. The zero-order valence-corrected chi connectivity index (χ0v) is 16.5. The molecule has 0 aromatic heterocycles. The zero-order chi connectivity index (χ0) is 19.0. The first kappa shape index (κ1) is 17.6. The fourth-order valence-electron chi connectivity index (χ4n) is 6.55. The maximum absolute atomic E-state index is 12.6. The number of ether oxygens (including phenoxy) is 2. The number of methoxy groups -OCH3 is 2. The van der Waals surface area contributed by atoms with Crippen molar-refractivity contribution in [3.8, 4) is 0 Å². The van der Waals surface area contributed by atoms with E-state index in [1.807, 2.05) is 0 Å². The standard InChI is InChI=1S/C22H28O4/c1-10(2)15-11-7-8-14(15)22(3,4)19-13-9-12(16(11)19)17(20(23)25-5)18(13)21(24)26-6/h7-8,11-14,17-18H,9H2,1-6H3/t11-,12+,13-,14+,17?,18?/m0/s1. The van der Waals surface area contributed by atoms with Gasteiger partial charge in [0.2, 0.25) is 0 Å². The molecule has 0 aromatic carbocycles. The van der Waals surface area contributed by atoms with Crippen LogP contribution >= 0.6 is 0 Å². The van der Waals surface area contributed by atoms with E-state index in [2.05, 4.69) is 39.8 Å². The lowest BCUT2D eigenvalue weighted by Gasteiger charge is -2.47. The molecular weight excluding hydrogens is 328 g/mol. The minimum absolute atomic E-state index is 0.0434. The number of allylic oxidation sites excluding steroid dienone is 6. The van der Waals surface area contributed by atoms with Gasteiger partial charge in [-0.25, -0.2) is 0 Å². The van der Waals surface area contributed by atoms with Crippen LogP contribution in [0.2, 0.25) is 0 Å². The highest BCUT2D eigenvalue weighted by Gasteiger charge is 2.64. The first-order valence-corrected chi connectivity index (χ1v) is 9.51. The molecule has 0 saturated heterocycles. The van der Waals surface area contributed by atoms with Gasteiger partial charge in [-0.3, -0.25) is 9.59 Å². The molecular formula is C22H28O4. The molecule has 0 radical (unpaired) electrons. The van der Waals surface area contributed by atoms with Crippen molar-refractivity contribution in [2.75, 3.05) is 14.2 Å². The second-order valence-electron chi connectivity index (χ2n) is 8.93. The molecule has 6 atom stereocenters. The van der Waals surface area contributed by atoms with Crippen LogP contribution in [-0.4, -0.2) is 26.2 Å². The molecule has 140 valence electrons. The molecule has 0 aromatic rings. The Bertz CT molecular complexity index is 778. The van der Waals surface area contributed by atoms with Gasteiger partial charge in [-0.1, -0.05) is 48.3 Å². The van der Waals surface area contributed by atoms with Crippen LogP contribution in [0.15, 0.2) is 34.4 Å². The average molecular weight is 356 g/mol. The van der Waals surface area contributed by atoms with E-state index < -0.39 is 11.8 Å². The van der Waals surface area contributed by atoms with E-state index in [1.54, 1.807) is 0 Å². The highest BCUT2D eigenvalue weighted by molar-refractivity contribution is 5.85. The van der Waals surface area contributed by atoms with Gasteiger partial charge in [0.1, 0.15) is 0 Å².